The first kappa shape index (κ1) is 23.7. The molecular formula is C19H21F4N5O. The molecule has 1 aromatic carbocycles. The van der Waals surface area contributed by atoms with Gasteiger partial charge in [-0.2, -0.15) is 18.4 Å². The lowest BCUT2D eigenvalue weighted by atomic mass is 9.96. The number of carbonyl (C=O) groups excluding carboxylic acids is 1. The van der Waals surface area contributed by atoms with Crippen LogP contribution in [0.15, 0.2) is 47.7 Å². The summed E-state index contributed by atoms with van der Waals surface area (Å²) >= 11 is 0. The SMILES string of the molecule is C=C(C#N)/N=C(\C=C/N)N(CC(C)(C)C)NC(=O)c1ccc(F)cc1C(F)(F)F. The Labute approximate surface area is 166 Å². The Hall–Kier alpha value is -3.35. The average molecular weight is 411 g/mol. The summed E-state index contributed by atoms with van der Waals surface area (Å²) in [5.41, 5.74) is 4.87. The van der Waals surface area contributed by atoms with Crippen molar-refractivity contribution < 1.29 is 22.4 Å². The van der Waals surface area contributed by atoms with Gasteiger partial charge < -0.3 is 5.73 Å². The van der Waals surface area contributed by atoms with Crippen LogP contribution in [-0.2, 0) is 6.18 Å². The number of alkyl halides is 3. The zero-order chi connectivity index (χ0) is 22.4. The molecule has 0 saturated carbocycles. The molecule has 0 aliphatic heterocycles. The van der Waals surface area contributed by atoms with Gasteiger partial charge in [-0.05, 0) is 35.9 Å². The number of hydrogen-bond acceptors (Lipinski definition) is 4. The minimum Gasteiger partial charge on any atom is -0.404 e. The van der Waals surface area contributed by atoms with Crippen LogP contribution < -0.4 is 11.2 Å². The zero-order valence-electron chi connectivity index (χ0n) is 16.1. The Morgan fingerprint density at radius 3 is 2.48 bits per heavy atom. The first-order valence-electron chi connectivity index (χ1n) is 8.29. The van der Waals surface area contributed by atoms with Crippen molar-refractivity contribution in [3.8, 4) is 6.07 Å². The maximum absolute atomic E-state index is 13.3. The predicted molar refractivity (Wildman–Crippen MR) is 101 cm³/mol. The maximum Gasteiger partial charge on any atom is 0.417 e. The Morgan fingerprint density at radius 1 is 1.38 bits per heavy atom. The van der Waals surface area contributed by atoms with Crippen LogP contribution >= 0.6 is 0 Å². The number of hydrogen-bond donors (Lipinski definition) is 2. The van der Waals surface area contributed by atoms with E-state index in [1.807, 2.05) is 20.8 Å². The minimum atomic E-state index is -4.94. The number of nitrogens with zero attached hydrogens (tertiary/aromatic N) is 3. The maximum atomic E-state index is 13.3. The van der Waals surface area contributed by atoms with Crippen molar-refractivity contribution in [3.63, 3.8) is 0 Å². The molecule has 0 radical (unpaired) electrons. The van der Waals surface area contributed by atoms with Crippen molar-refractivity contribution in [1.82, 2.24) is 10.4 Å². The summed E-state index contributed by atoms with van der Waals surface area (Å²) in [4.78, 5) is 16.5. The molecule has 1 amide bonds. The molecule has 10 heteroatoms. The van der Waals surface area contributed by atoms with E-state index >= 15 is 0 Å². The molecule has 3 N–H and O–H groups in total. The number of rotatable bonds is 4. The van der Waals surface area contributed by atoms with E-state index in [2.05, 4.69) is 17.0 Å². The number of carbonyl (C=O) groups is 1. The summed E-state index contributed by atoms with van der Waals surface area (Å²) in [6.45, 7) is 8.96. The van der Waals surface area contributed by atoms with Crippen LogP contribution in [0.25, 0.3) is 0 Å². The largest absolute Gasteiger partial charge is 0.417 e. The number of aliphatic imine (C=N–C) groups is 1. The summed E-state index contributed by atoms with van der Waals surface area (Å²) in [5, 5.41) is 10.1. The second-order valence-electron chi connectivity index (χ2n) is 7.16. The molecule has 0 heterocycles. The number of halogens is 4. The molecule has 0 aliphatic rings. The van der Waals surface area contributed by atoms with Crippen molar-refractivity contribution in [3.05, 3.63) is 59.7 Å². The summed E-state index contributed by atoms with van der Waals surface area (Å²) in [5.74, 6) is -2.28. The third kappa shape index (κ3) is 7.29. The quantitative estimate of drug-likeness (QED) is 0.259. The summed E-state index contributed by atoms with van der Waals surface area (Å²) in [6.07, 6.45) is -2.60. The molecular weight excluding hydrogens is 390 g/mol. The second-order valence-corrected chi connectivity index (χ2v) is 7.16. The van der Waals surface area contributed by atoms with E-state index in [0.717, 1.165) is 23.3 Å². The molecule has 29 heavy (non-hydrogen) atoms. The predicted octanol–water partition coefficient (Wildman–Crippen LogP) is 3.75. The Morgan fingerprint density at radius 2 is 2.00 bits per heavy atom. The highest BCUT2D eigenvalue weighted by atomic mass is 19.4. The fraction of sp³-hybridized carbons (Fsp3) is 0.316. The van der Waals surface area contributed by atoms with Crippen LogP contribution in [-0.4, -0.2) is 23.3 Å². The van der Waals surface area contributed by atoms with Crippen LogP contribution in [0, 0.1) is 22.6 Å². The Balaban J connectivity index is 3.41. The molecule has 0 aliphatic carbocycles. The Kier molecular flexibility index (Phi) is 7.54. The first-order valence-corrected chi connectivity index (χ1v) is 8.29. The second kappa shape index (κ2) is 9.23. The van der Waals surface area contributed by atoms with Gasteiger partial charge >= 0.3 is 6.18 Å². The van der Waals surface area contributed by atoms with E-state index in [-0.39, 0.29) is 24.1 Å². The van der Waals surface area contributed by atoms with E-state index in [0.29, 0.717) is 0 Å². The lowest BCUT2D eigenvalue weighted by Gasteiger charge is -2.31. The van der Waals surface area contributed by atoms with Crippen LogP contribution in [0.4, 0.5) is 17.6 Å². The third-order valence-corrected chi connectivity index (χ3v) is 3.30. The summed E-state index contributed by atoms with van der Waals surface area (Å²) < 4.78 is 53.0. The van der Waals surface area contributed by atoms with E-state index in [1.165, 1.54) is 6.08 Å². The van der Waals surface area contributed by atoms with Gasteiger partial charge in [0.05, 0.1) is 11.1 Å². The van der Waals surface area contributed by atoms with Gasteiger partial charge in [-0.15, -0.1) is 0 Å². The highest BCUT2D eigenvalue weighted by molar-refractivity contribution is 6.00. The highest BCUT2D eigenvalue weighted by Gasteiger charge is 2.36. The molecule has 156 valence electrons. The highest BCUT2D eigenvalue weighted by Crippen LogP contribution is 2.32. The number of nitrogens with two attached hydrogens (primary N) is 1. The number of nitriles is 1. The molecule has 0 atom stereocenters. The van der Waals surface area contributed by atoms with Crippen LogP contribution in [0.3, 0.4) is 0 Å². The lowest BCUT2D eigenvalue weighted by Crippen LogP contribution is -2.49. The van der Waals surface area contributed by atoms with Crippen molar-refractivity contribution >= 4 is 11.7 Å². The lowest BCUT2D eigenvalue weighted by molar-refractivity contribution is -0.138. The van der Waals surface area contributed by atoms with Gasteiger partial charge in [0.15, 0.2) is 0 Å². The molecule has 0 bridgehead atoms. The number of benzene rings is 1. The fourth-order valence-corrected chi connectivity index (χ4v) is 2.22. The standard InChI is InChI=1S/C19H21F4N5O/c1-12(10-25)26-16(7-8-24)28(11-18(2,3)4)27-17(29)14-6-5-13(20)9-15(14)19(21,22)23/h5-9H,1,11,24H2,2-4H3,(H,27,29)/b8-7-,26-16+. The third-order valence-electron chi connectivity index (χ3n) is 3.30. The smallest absolute Gasteiger partial charge is 0.404 e. The van der Waals surface area contributed by atoms with Gasteiger partial charge in [-0.25, -0.2) is 9.38 Å². The van der Waals surface area contributed by atoms with Gasteiger partial charge in [0.25, 0.3) is 5.91 Å². The van der Waals surface area contributed by atoms with Gasteiger partial charge in [-0.1, -0.05) is 27.4 Å². The van der Waals surface area contributed by atoms with Gasteiger partial charge in [-0.3, -0.25) is 15.2 Å². The monoisotopic (exact) mass is 411 g/mol. The van der Waals surface area contributed by atoms with Crippen molar-refractivity contribution in [2.45, 2.75) is 26.9 Å². The minimum absolute atomic E-state index is 0.0157. The number of hydrazine groups is 1. The molecule has 1 aromatic rings. The zero-order valence-corrected chi connectivity index (χ0v) is 16.1. The van der Waals surface area contributed by atoms with E-state index in [1.54, 1.807) is 6.07 Å². The summed E-state index contributed by atoms with van der Waals surface area (Å²) in [6, 6.07) is 3.45. The van der Waals surface area contributed by atoms with Crippen molar-refractivity contribution in [1.29, 1.82) is 5.26 Å². The van der Waals surface area contributed by atoms with E-state index < -0.39 is 34.4 Å². The number of amides is 1. The van der Waals surface area contributed by atoms with E-state index in [4.69, 9.17) is 11.0 Å². The number of nitrogens with one attached hydrogen (secondary N) is 1. The number of allylic oxidation sites excluding steroid dienone is 1. The summed E-state index contributed by atoms with van der Waals surface area (Å²) in [7, 11) is 0. The molecule has 0 aromatic heterocycles. The fourth-order valence-electron chi connectivity index (χ4n) is 2.22. The average Bonchev–Trinajstić information content (AvgIpc) is 2.58. The van der Waals surface area contributed by atoms with Gasteiger partial charge in [0, 0.05) is 6.54 Å². The van der Waals surface area contributed by atoms with Crippen molar-refractivity contribution in [2.24, 2.45) is 16.1 Å². The van der Waals surface area contributed by atoms with Crippen LogP contribution in [0.2, 0.25) is 0 Å². The molecule has 0 unspecified atom stereocenters. The Bertz CT molecular complexity index is 876. The topological polar surface area (TPSA) is 94.5 Å². The normalized spacial score (nSPS) is 12.6. The van der Waals surface area contributed by atoms with Gasteiger partial charge in [0.1, 0.15) is 23.4 Å². The van der Waals surface area contributed by atoms with E-state index in [9.17, 15) is 22.4 Å². The molecule has 1 rings (SSSR count). The molecule has 0 spiro atoms. The number of amidine groups is 1. The van der Waals surface area contributed by atoms with Crippen LogP contribution in [0.1, 0.15) is 36.7 Å². The molecule has 0 saturated heterocycles. The first-order chi connectivity index (χ1) is 13.3. The molecule has 6 nitrogen and oxygen atoms in total. The van der Waals surface area contributed by atoms with Gasteiger partial charge in [0.2, 0.25) is 0 Å². The van der Waals surface area contributed by atoms with Crippen molar-refractivity contribution in [2.75, 3.05) is 6.54 Å². The van der Waals surface area contributed by atoms with Crippen LogP contribution in [0.5, 0.6) is 0 Å². The molecule has 0 fully saturated rings.